The lowest BCUT2D eigenvalue weighted by Crippen LogP contribution is -2.03. The summed E-state index contributed by atoms with van der Waals surface area (Å²) in [5, 5.41) is 7.65. The van der Waals surface area contributed by atoms with Crippen LogP contribution >= 0.6 is 0 Å². The maximum absolute atomic E-state index is 4.43. The molecule has 0 bridgehead atoms. The summed E-state index contributed by atoms with van der Waals surface area (Å²) < 4.78 is 1.81. The van der Waals surface area contributed by atoms with Crippen molar-refractivity contribution in [1.29, 1.82) is 0 Å². The molecule has 4 heteroatoms. The molecule has 0 amide bonds. The van der Waals surface area contributed by atoms with Gasteiger partial charge in [-0.05, 0) is 37.0 Å². The van der Waals surface area contributed by atoms with E-state index in [0.29, 0.717) is 0 Å². The van der Waals surface area contributed by atoms with Gasteiger partial charge in [-0.1, -0.05) is 12.8 Å². The normalized spacial score (nSPS) is 15.6. The minimum atomic E-state index is 0.742. The average Bonchev–Trinajstić information content (AvgIpc) is 2.98. The van der Waals surface area contributed by atoms with Gasteiger partial charge in [-0.2, -0.15) is 4.98 Å². The van der Waals surface area contributed by atoms with E-state index in [1.807, 2.05) is 22.8 Å². The largest absolute Gasteiger partial charge is 0.353 e. The number of anilines is 1. The minimum Gasteiger partial charge on any atom is -0.353 e. The van der Waals surface area contributed by atoms with Gasteiger partial charge in [0.2, 0.25) is 5.95 Å². The van der Waals surface area contributed by atoms with Crippen molar-refractivity contribution in [2.75, 3.05) is 11.9 Å². The summed E-state index contributed by atoms with van der Waals surface area (Å²) in [6.07, 6.45) is 6.00. The molecule has 0 saturated heterocycles. The van der Waals surface area contributed by atoms with Gasteiger partial charge in [0.15, 0.2) is 5.65 Å². The van der Waals surface area contributed by atoms with E-state index in [1.165, 1.54) is 24.8 Å². The molecule has 2 aromatic rings. The van der Waals surface area contributed by atoms with E-state index in [9.17, 15) is 0 Å². The molecule has 1 aliphatic rings. The Morgan fingerprint density at radius 3 is 3.19 bits per heavy atom. The maximum Gasteiger partial charge on any atom is 0.243 e. The van der Waals surface area contributed by atoms with Crippen LogP contribution in [0.2, 0.25) is 0 Å². The predicted octanol–water partition coefficient (Wildman–Crippen LogP) is 2.25. The first-order valence-electron chi connectivity index (χ1n) is 5.88. The number of hydrogen-bond acceptors (Lipinski definition) is 3. The smallest absolute Gasteiger partial charge is 0.243 e. The average molecular weight is 216 g/mol. The summed E-state index contributed by atoms with van der Waals surface area (Å²) >= 11 is 0. The van der Waals surface area contributed by atoms with Crippen molar-refractivity contribution in [3.8, 4) is 0 Å². The van der Waals surface area contributed by atoms with Crippen LogP contribution in [0.4, 0.5) is 5.95 Å². The number of aryl methyl sites for hydroxylation is 1. The molecule has 0 aliphatic heterocycles. The summed E-state index contributed by atoms with van der Waals surface area (Å²) in [4.78, 5) is 4.43. The van der Waals surface area contributed by atoms with Crippen LogP contribution in [0.1, 0.15) is 24.8 Å². The number of pyridine rings is 1. The van der Waals surface area contributed by atoms with Crippen LogP contribution in [-0.4, -0.2) is 21.1 Å². The Balaban J connectivity index is 1.71. The van der Waals surface area contributed by atoms with Crippen LogP contribution in [0, 0.1) is 12.8 Å². The molecule has 84 valence electrons. The number of nitrogens with zero attached hydrogens (tertiary/aromatic N) is 3. The van der Waals surface area contributed by atoms with Crippen LogP contribution in [-0.2, 0) is 0 Å². The first-order chi connectivity index (χ1) is 7.81. The van der Waals surface area contributed by atoms with Crippen molar-refractivity contribution >= 4 is 11.6 Å². The Morgan fingerprint density at radius 1 is 1.50 bits per heavy atom. The highest BCUT2D eigenvalue weighted by Crippen LogP contribution is 2.31. The minimum absolute atomic E-state index is 0.742. The fraction of sp³-hybridized carbons (Fsp3) is 0.500. The predicted molar refractivity (Wildman–Crippen MR) is 63.6 cm³/mol. The van der Waals surface area contributed by atoms with Crippen LogP contribution in [0.5, 0.6) is 0 Å². The molecule has 1 aliphatic carbocycles. The molecule has 1 N–H and O–H groups in total. The standard InChI is InChI=1S/C12H16N4/c1-9-5-7-16-11(8-9)14-12(15-16)13-6-4-10-2-3-10/h5,7-8,10H,2-4,6H2,1H3,(H,13,15). The summed E-state index contributed by atoms with van der Waals surface area (Å²) in [5.74, 6) is 1.69. The van der Waals surface area contributed by atoms with E-state index < -0.39 is 0 Å². The SMILES string of the molecule is Cc1ccn2nc(NCCC3CC3)nc2c1. The van der Waals surface area contributed by atoms with Gasteiger partial charge in [-0.15, -0.1) is 5.10 Å². The first-order valence-corrected chi connectivity index (χ1v) is 5.88. The van der Waals surface area contributed by atoms with Gasteiger partial charge in [-0.25, -0.2) is 4.52 Å². The highest BCUT2D eigenvalue weighted by atomic mass is 15.3. The molecule has 1 fully saturated rings. The van der Waals surface area contributed by atoms with Gasteiger partial charge >= 0.3 is 0 Å². The Kier molecular flexibility index (Phi) is 2.27. The molecule has 0 atom stereocenters. The second-order valence-electron chi connectivity index (χ2n) is 4.60. The van der Waals surface area contributed by atoms with E-state index in [-0.39, 0.29) is 0 Å². The zero-order valence-corrected chi connectivity index (χ0v) is 9.48. The summed E-state index contributed by atoms with van der Waals surface area (Å²) in [7, 11) is 0. The third kappa shape index (κ3) is 2.01. The monoisotopic (exact) mass is 216 g/mol. The number of rotatable bonds is 4. The van der Waals surface area contributed by atoms with Crippen LogP contribution in [0.15, 0.2) is 18.3 Å². The van der Waals surface area contributed by atoms with E-state index >= 15 is 0 Å². The molecule has 0 spiro atoms. The summed E-state index contributed by atoms with van der Waals surface area (Å²) in [5.41, 5.74) is 2.12. The zero-order chi connectivity index (χ0) is 11.0. The zero-order valence-electron chi connectivity index (χ0n) is 9.48. The Labute approximate surface area is 94.7 Å². The Bertz CT molecular complexity index is 499. The van der Waals surface area contributed by atoms with Crippen LogP contribution < -0.4 is 5.32 Å². The third-order valence-corrected chi connectivity index (χ3v) is 3.03. The van der Waals surface area contributed by atoms with Gasteiger partial charge in [0.05, 0.1) is 0 Å². The highest BCUT2D eigenvalue weighted by molar-refractivity contribution is 5.45. The van der Waals surface area contributed by atoms with Crippen LogP contribution in [0.3, 0.4) is 0 Å². The third-order valence-electron chi connectivity index (χ3n) is 3.03. The first kappa shape index (κ1) is 9.63. The molecule has 2 aromatic heterocycles. The fourth-order valence-electron chi connectivity index (χ4n) is 1.85. The van der Waals surface area contributed by atoms with Gasteiger partial charge in [0.25, 0.3) is 0 Å². The molecule has 1 saturated carbocycles. The molecule has 16 heavy (non-hydrogen) atoms. The van der Waals surface area contributed by atoms with Crippen molar-refractivity contribution < 1.29 is 0 Å². The van der Waals surface area contributed by atoms with Gasteiger partial charge in [0, 0.05) is 12.7 Å². The molecule has 3 rings (SSSR count). The van der Waals surface area contributed by atoms with Crippen LogP contribution in [0.25, 0.3) is 5.65 Å². The summed E-state index contributed by atoms with van der Waals surface area (Å²) in [6.45, 7) is 3.05. The highest BCUT2D eigenvalue weighted by Gasteiger charge is 2.20. The lowest BCUT2D eigenvalue weighted by atomic mass is 10.3. The number of hydrogen-bond donors (Lipinski definition) is 1. The van der Waals surface area contributed by atoms with E-state index in [4.69, 9.17) is 0 Å². The van der Waals surface area contributed by atoms with E-state index in [2.05, 4.69) is 22.3 Å². The lowest BCUT2D eigenvalue weighted by molar-refractivity contribution is 0.755. The van der Waals surface area contributed by atoms with E-state index in [0.717, 1.165) is 24.1 Å². The molecule has 0 aromatic carbocycles. The van der Waals surface area contributed by atoms with Gasteiger partial charge in [-0.3, -0.25) is 0 Å². The molecule has 4 nitrogen and oxygen atoms in total. The Morgan fingerprint density at radius 2 is 2.38 bits per heavy atom. The van der Waals surface area contributed by atoms with Crippen molar-refractivity contribution in [3.05, 3.63) is 23.9 Å². The molecule has 0 radical (unpaired) electrons. The number of fused-ring (bicyclic) bond motifs is 1. The Hall–Kier alpha value is -1.58. The maximum atomic E-state index is 4.43. The quantitative estimate of drug-likeness (QED) is 0.852. The van der Waals surface area contributed by atoms with Gasteiger partial charge in [0.1, 0.15) is 0 Å². The topological polar surface area (TPSA) is 42.2 Å². The lowest BCUT2D eigenvalue weighted by Gasteiger charge is -1.98. The molecular weight excluding hydrogens is 200 g/mol. The molecular formula is C12H16N4. The number of nitrogens with one attached hydrogen (secondary N) is 1. The number of aromatic nitrogens is 3. The van der Waals surface area contributed by atoms with E-state index in [1.54, 1.807) is 0 Å². The van der Waals surface area contributed by atoms with Crippen molar-refractivity contribution in [2.45, 2.75) is 26.2 Å². The molecule has 2 heterocycles. The second kappa shape index (κ2) is 3.77. The van der Waals surface area contributed by atoms with Gasteiger partial charge < -0.3 is 5.32 Å². The second-order valence-corrected chi connectivity index (χ2v) is 4.60. The van der Waals surface area contributed by atoms with Crippen molar-refractivity contribution in [3.63, 3.8) is 0 Å². The fourth-order valence-corrected chi connectivity index (χ4v) is 1.85. The molecule has 0 unspecified atom stereocenters. The summed E-state index contributed by atoms with van der Waals surface area (Å²) in [6, 6.07) is 4.08. The van der Waals surface area contributed by atoms with Crippen molar-refractivity contribution in [1.82, 2.24) is 14.6 Å². The van der Waals surface area contributed by atoms with Crippen molar-refractivity contribution in [2.24, 2.45) is 5.92 Å².